The molecule has 19 nitrogen and oxygen atoms in total. The Balaban J connectivity index is 1.57. The molecule has 3 heterocycles. The molecule has 17 atom stereocenters. The van der Waals surface area contributed by atoms with Crippen LogP contribution in [0.4, 0.5) is 0 Å². The molecule has 0 bridgehead atoms. The van der Waals surface area contributed by atoms with E-state index in [0.717, 1.165) is 57.8 Å². The summed E-state index contributed by atoms with van der Waals surface area (Å²) in [5, 5.41) is 120. The van der Waals surface area contributed by atoms with Crippen LogP contribution in [0.25, 0.3) is 0 Å². The summed E-state index contributed by atoms with van der Waals surface area (Å²) in [4.78, 5) is 13.2. The monoisotopic (exact) mass is 1040 g/mol. The lowest BCUT2D eigenvalue weighted by Crippen LogP contribution is -2.66. The summed E-state index contributed by atoms with van der Waals surface area (Å²) in [5.74, 6) is -0.319. The predicted molar refractivity (Wildman–Crippen MR) is 272 cm³/mol. The van der Waals surface area contributed by atoms with Gasteiger partial charge in [0.2, 0.25) is 5.91 Å². The molecule has 73 heavy (non-hydrogen) atoms. The van der Waals surface area contributed by atoms with Crippen LogP contribution in [-0.4, -0.2) is 193 Å². The molecule has 17 unspecified atom stereocenters. The van der Waals surface area contributed by atoms with E-state index >= 15 is 0 Å². The van der Waals surface area contributed by atoms with Crippen molar-refractivity contribution in [1.82, 2.24) is 5.32 Å². The van der Waals surface area contributed by atoms with Gasteiger partial charge in [0.25, 0.3) is 0 Å². The third kappa shape index (κ3) is 23.3. The van der Waals surface area contributed by atoms with Gasteiger partial charge >= 0.3 is 0 Å². The maximum absolute atomic E-state index is 13.2. The average Bonchev–Trinajstić information content (AvgIpc) is 3.39. The van der Waals surface area contributed by atoms with Gasteiger partial charge in [-0.15, -0.1) is 0 Å². The number of hydrogen-bond acceptors (Lipinski definition) is 18. The molecule has 19 heteroatoms. The summed E-state index contributed by atoms with van der Waals surface area (Å²) in [7, 11) is 0. The van der Waals surface area contributed by atoms with Crippen LogP contribution >= 0.6 is 0 Å². The van der Waals surface area contributed by atoms with Crippen LogP contribution < -0.4 is 5.32 Å². The number of ether oxygens (including phenoxy) is 6. The summed E-state index contributed by atoms with van der Waals surface area (Å²) in [6, 6.07) is -1.00. The normalized spacial score (nSPS) is 32.2. The zero-order chi connectivity index (χ0) is 53.4. The quantitative estimate of drug-likeness (QED) is 0.0315. The third-order valence-corrected chi connectivity index (χ3v) is 13.3. The Morgan fingerprint density at radius 2 is 0.959 bits per heavy atom. The molecule has 0 saturated carbocycles. The number of allylic oxidation sites excluding steroid dienone is 9. The minimum absolute atomic E-state index is 0.197. The molecule has 3 aliphatic rings. The average molecular weight is 1040 g/mol. The van der Waals surface area contributed by atoms with Gasteiger partial charge in [0.15, 0.2) is 18.9 Å². The molecule has 0 aromatic heterocycles. The zero-order valence-corrected chi connectivity index (χ0v) is 43.3. The molecular weight excluding hydrogens is 951 g/mol. The first-order valence-corrected chi connectivity index (χ1v) is 27.0. The van der Waals surface area contributed by atoms with E-state index in [1.54, 1.807) is 6.08 Å². The highest BCUT2D eigenvalue weighted by Gasteiger charge is 2.53. The van der Waals surface area contributed by atoms with Crippen LogP contribution in [0.1, 0.15) is 142 Å². The molecule has 3 rings (SSSR count). The molecule has 422 valence electrons. The van der Waals surface area contributed by atoms with E-state index in [4.69, 9.17) is 28.4 Å². The minimum atomic E-state index is -1.98. The number of nitrogens with one attached hydrogen (secondary N) is 1. The summed E-state index contributed by atoms with van der Waals surface area (Å²) in [6.45, 7) is 1.51. The van der Waals surface area contributed by atoms with E-state index in [1.165, 1.54) is 51.4 Å². The Morgan fingerprint density at radius 3 is 1.53 bits per heavy atom. The van der Waals surface area contributed by atoms with Gasteiger partial charge in [-0.3, -0.25) is 4.79 Å². The van der Waals surface area contributed by atoms with Gasteiger partial charge in [-0.1, -0.05) is 132 Å². The minimum Gasteiger partial charge on any atom is -0.394 e. The first kappa shape index (κ1) is 64.8. The standard InChI is InChI=1S/C54H93NO18/c1-3-5-7-9-11-13-15-17-18-20-21-23-25-27-29-31-38(59)37(55-42(60)32-30-28-26-24-22-19-16-14-12-10-8-6-4-2)36-68-52-48(66)45(63)50(40(34-57)70-52)73-54-49(67)46(64)51(41(35-58)71-54)72-53-47(65)44(62)43(61)39(33-56)69-53/h6,8,12,14,19,21-23,29,31,37-41,43-54,56-59,61-67H,3-5,7,9-11,13,15-18,20,24-28,30,32-36H2,1-2H3,(H,55,60)/b8-6-,14-12-,22-19-,23-21+,31-29+. The molecule has 0 radical (unpaired) electrons. The van der Waals surface area contributed by atoms with E-state index < -0.39 is 124 Å². The van der Waals surface area contributed by atoms with Crippen LogP contribution in [0.3, 0.4) is 0 Å². The molecular formula is C54H93NO18. The number of amides is 1. The van der Waals surface area contributed by atoms with E-state index in [-0.39, 0.29) is 18.9 Å². The SMILES string of the molecule is CC/C=C\C/C=C\C/C=C\CCCCCC(=O)NC(COC1OC(CO)C(OC2OC(CO)C(OC3OC(CO)C(O)C(O)C3O)C(O)C2O)C(O)C1O)C(O)/C=C/CC/C=C/CCCCCCCCCCC. The molecule has 0 aromatic rings. The van der Waals surface area contributed by atoms with Crippen LogP contribution in [0, 0.1) is 0 Å². The van der Waals surface area contributed by atoms with Crippen molar-refractivity contribution in [3.05, 3.63) is 60.8 Å². The number of unbranched alkanes of at least 4 members (excludes halogenated alkanes) is 13. The van der Waals surface area contributed by atoms with Crippen molar-refractivity contribution in [1.29, 1.82) is 0 Å². The van der Waals surface area contributed by atoms with E-state index in [2.05, 4.69) is 67.8 Å². The van der Waals surface area contributed by atoms with Crippen molar-refractivity contribution in [3.63, 3.8) is 0 Å². The number of aliphatic hydroxyl groups is 11. The second-order valence-electron chi connectivity index (χ2n) is 19.3. The van der Waals surface area contributed by atoms with E-state index in [1.807, 2.05) is 6.08 Å². The van der Waals surface area contributed by atoms with Crippen LogP contribution in [0.2, 0.25) is 0 Å². The van der Waals surface area contributed by atoms with Crippen molar-refractivity contribution in [3.8, 4) is 0 Å². The van der Waals surface area contributed by atoms with Gasteiger partial charge in [0, 0.05) is 6.42 Å². The lowest BCUT2D eigenvalue weighted by atomic mass is 9.96. The highest BCUT2D eigenvalue weighted by molar-refractivity contribution is 5.76. The van der Waals surface area contributed by atoms with Crippen molar-refractivity contribution < 1.29 is 89.4 Å². The van der Waals surface area contributed by atoms with Gasteiger partial charge in [-0.05, 0) is 64.2 Å². The highest BCUT2D eigenvalue weighted by Crippen LogP contribution is 2.33. The molecule has 3 aliphatic heterocycles. The fraction of sp³-hybridized carbons (Fsp3) is 0.796. The summed E-state index contributed by atoms with van der Waals surface area (Å²) in [5.41, 5.74) is 0. The van der Waals surface area contributed by atoms with Gasteiger partial charge in [-0.25, -0.2) is 0 Å². The second-order valence-corrected chi connectivity index (χ2v) is 19.3. The third-order valence-electron chi connectivity index (χ3n) is 13.3. The molecule has 1 amide bonds. The fourth-order valence-electron chi connectivity index (χ4n) is 8.81. The Bertz CT molecular complexity index is 1580. The number of hydrogen-bond donors (Lipinski definition) is 12. The Hall–Kier alpha value is -2.51. The molecule has 0 aliphatic carbocycles. The van der Waals surface area contributed by atoms with Gasteiger partial charge in [0.05, 0.1) is 38.6 Å². The van der Waals surface area contributed by atoms with Crippen molar-refractivity contribution in [2.45, 2.75) is 247 Å². The second kappa shape index (κ2) is 38.1. The number of carbonyl (C=O) groups excluding carboxylic acids is 1. The van der Waals surface area contributed by atoms with E-state index in [9.17, 15) is 61.0 Å². The lowest BCUT2D eigenvalue weighted by Gasteiger charge is -2.48. The van der Waals surface area contributed by atoms with Crippen molar-refractivity contribution in [2.24, 2.45) is 0 Å². The predicted octanol–water partition coefficient (Wildman–Crippen LogP) is 2.92. The Morgan fingerprint density at radius 1 is 0.507 bits per heavy atom. The van der Waals surface area contributed by atoms with Crippen LogP contribution in [-0.2, 0) is 33.2 Å². The first-order chi connectivity index (χ1) is 35.3. The lowest BCUT2D eigenvalue weighted by molar-refractivity contribution is -0.379. The van der Waals surface area contributed by atoms with Gasteiger partial charge in [0.1, 0.15) is 73.2 Å². The topological polar surface area (TPSA) is 307 Å². The van der Waals surface area contributed by atoms with Crippen molar-refractivity contribution >= 4 is 5.91 Å². The van der Waals surface area contributed by atoms with Crippen LogP contribution in [0.5, 0.6) is 0 Å². The molecule has 0 aromatic carbocycles. The Kier molecular flexibility index (Phi) is 33.8. The number of rotatable bonds is 37. The molecule has 3 saturated heterocycles. The summed E-state index contributed by atoms with van der Waals surface area (Å²) < 4.78 is 34.1. The highest BCUT2D eigenvalue weighted by atomic mass is 16.8. The van der Waals surface area contributed by atoms with Crippen LogP contribution in [0.15, 0.2) is 60.8 Å². The van der Waals surface area contributed by atoms with Gasteiger partial charge < -0.3 is 89.9 Å². The molecule has 0 spiro atoms. The number of carbonyl (C=O) groups is 1. The first-order valence-electron chi connectivity index (χ1n) is 27.0. The summed E-state index contributed by atoms with van der Waals surface area (Å²) >= 11 is 0. The summed E-state index contributed by atoms with van der Waals surface area (Å²) in [6.07, 6.45) is 13.7. The van der Waals surface area contributed by atoms with Gasteiger partial charge in [-0.2, -0.15) is 0 Å². The van der Waals surface area contributed by atoms with E-state index in [0.29, 0.717) is 12.8 Å². The molecule has 12 N–H and O–H groups in total. The largest absolute Gasteiger partial charge is 0.394 e. The molecule has 3 fully saturated rings. The maximum atomic E-state index is 13.2. The fourth-order valence-corrected chi connectivity index (χ4v) is 8.81. The Labute approximate surface area is 433 Å². The van der Waals surface area contributed by atoms with Crippen molar-refractivity contribution in [2.75, 3.05) is 26.4 Å². The zero-order valence-electron chi connectivity index (χ0n) is 43.3. The number of aliphatic hydroxyl groups excluding tert-OH is 11. The smallest absolute Gasteiger partial charge is 0.220 e. The maximum Gasteiger partial charge on any atom is 0.220 e.